The number of hydrogen-bond acceptors (Lipinski definition) is 3. The van der Waals surface area contributed by atoms with E-state index in [9.17, 15) is 4.79 Å². The lowest BCUT2D eigenvalue weighted by atomic mass is 10.1. The van der Waals surface area contributed by atoms with Gasteiger partial charge in [-0.05, 0) is 31.9 Å². The molecule has 0 aliphatic carbocycles. The number of furan rings is 1. The van der Waals surface area contributed by atoms with Gasteiger partial charge >= 0.3 is 0 Å². The van der Waals surface area contributed by atoms with Gasteiger partial charge in [-0.15, -0.1) is 0 Å². The van der Waals surface area contributed by atoms with Crippen molar-refractivity contribution in [2.75, 3.05) is 26.3 Å². The van der Waals surface area contributed by atoms with Crippen LogP contribution in [0.2, 0.25) is 0 Å². The molecular formula is C21H24N2O3. The Kier molecular flexibility index (Phi) is 4.32. The van der Waals surface area contributed by atoms with Crippen LogP contribution in [0, 0.1) is 20.8 Å². The summed E-state index contributed by atoms with van der Waals surface area (Å²) in [5.74, 6) is 0.901. The third kappa shape index (κ3) is 3.03. The number of morpholine rings is 1. The lowest BCUT2D eigenvalue weighted by molar-refractivity contribution is 0.0296. The second-order valence-electron chi connectivity index (χ2n) is 7.06. The summed E-state index contributed by atoms with van der Waals surface area (Å²) < 4.78 is 13.3. The molecule has 0 N–H and O–H groups in total. The predicted molar refractivity (Wildman–Crippen MR) is 101 cm³/mol. The van der Waals surface area contributed by atoms with Crippen LogP contribution in [-0.2, 0) is 11.3 Å². The van der Waals surface area contributed by atoms with E-state index in [2.05, 4.69) is 36.6 Å². The highest BCUT2D eigenvalue weighted by atomic mass is 16.5. The van der Waals surface area contributed by atoms with Crippen molar-refractivity contribution in [3.8, 4) is 0 Å². The van der Waals surface area contributed by atoms with Crippen molar-refractivity contribution in [2.24, 2.45) is 0 Å². The molecule has 1 saturated heterocycles. The number of fused-ring (bicyclic) bond motifs is 1. The lowest BCUT2D eigenvalue weighted by Crippen LogP contribution is -2.41. The fourth-order valence-electron chi connectivity index (χ4n) is 3.58. The summed E-state index contributed by atoms with van der Waals surface area (Å²) in [5, 5.41) is 0. The van der Waals surface area contributed by atoms with E-state index < -0.39 is 0 Å². The van der Waals surface area contributed by atoms with Crippen LogP contribution in [0.3, 0.4) is 0 Å². The number of aromatic nitrogens is 1. The van der Waals surface area contributed by atoms with Gasteiger partial charge < -0.3 is 18.6 Å². The molecule has 5 heteroatoms. The quantitative estimate of drug-likeness (QED) is 0.722. The van der Waals surface area contributed by atoms with Crippen molar-refractivity contribution in [1.29, 1.82) is 0 Å². The van der Waals surface area contributed by atoms with Crippen molar-refractivity contribution < 1.29 is 13.9 Å². The number of hydrogen-bond donors (Lipinski definition) is 0. The Morgan fingerprint density at radius 3 is 2.62 bits per heavy atom. The smallest absolute Gasteiger partial charge is 0.270 e. The van der Waals surface area contributed by atoms with Gasteiger partial charge in [0.2, 0.25) is 0 Å². The predicted octanol–water partition coefficient (Wildman–Crippen LogP) is 3.68. The molecule has 0 radical (unpaired) electrons. The molecular weight excluding hydrogens is 328 g/mol. The molecule has 1 amide bonds. The molecule has 3 aromatic rings. The molecule has 0 atom stereocenters. The number of nitrogens with zero attached hydrogens (tertiary/aromatic N) is 2. The number of benzene rings is 1. The molecule has 1 aliphatic heterocycles. The van der Waals surface area contributed by atoms with E-state index in [1.54, 1.807) is 0 Å². The van der Waals surface area contributed by atoms with Crippen LogP contribution in [0.1, 0.15) is 32.9 Å². The molecule has 4 rings (SSSR count). The minimum atomic E-state index is 0.0441. The number of aryl methyl sites for hydroxylation is 3. The Labute approximate surface area is 153 Å². The van der Waals surface area contributed by atoms with Crippen molar-refractivity contribution in [1.82, 2.24) is 9.47 Å². The van der Waals surface area contributed by atoms with Crippen LogP contribution in [0.5, 0.6) is 0 Å². The van der Waals surface area contributed by atoms with Crippen molar-refractivity contribution >= 4 is 17.0 Å². The largest absolute Gasteiger partial charge is 0.460 e. The van der Waals surface area contributed by atoms with Crippen molar-refractivity contribution in [3.63, 3.8) is 0 Å². The Balaban J connectivity index is 1.78. The SMILES string of the molecule is Cc1ccc(C)c(Cn2c(C(=O)N3CCOCC3)cc3oc(C)cc32)c1. The van der Waals surface area contributed by atoms with Gasteiger partial charge in [-0.3, -0.25) is 4.79 Å². The Morgan fingerprint density at radius 1 is 1.08 bits per heavy atom. The van der Waals surface area contributed by atoms with Gasteiger partial charge in [0.05, 0.1) is 18.7 Å². The summed E-state index contributed by atoms with van der Waals surface area (Å²) in [5.41, 5.74) is 6.09. The van der Waals surface area contributed by atoms with E-state index in [1.165, 1.54) is 16.7 Å². The summed E-state index contributed by atoms with van der Waals surface area (Å²) in [6, 6.07) is 10.3. The first-order valence-electron chi connectivity index (χ1n) is 9.06. The molecule has 0 unspecified atom stereocenters. The maximum Gasteiger partial charge on any atom is 0.270 e. The molecule has 1 aliphatic rings. The number of rotatable bonds is 3. The zero-order valence-electron chi connectivity index (χ0n) is 15.5. The molecule has 2 aromatic heterocycles. The zero-order chi connectivity index (χ0) is 18.3. The molecule has 0 spiro atoms. The summed E-state index contributed by atoms with van der Waals surface area (Å²) in [6.07, 6.45) is 0. The standard InChI is InChI=1S/C21H24N2O3/c1-14-4-5-15(2)17(10-14)13-23-18-11-16(3)26-20(18)12-19(23)21(24)22-6-8-25-9-7-22/h4-5,10-12H,6-9,13H2,1-3H3. The highest BCUT2D eigenvalue weighted by Crippen LogP contribution is 2.27. The summed E-state index contributed by atoms with van der Waals surface area (Å²) in [6.45, 7) is 9.25. The molecule has 0 saturated carbocycles. The molecule has 1 fully saturated rings. The van der Waals surface area contributed by atoms with Crippen LogP contribution in [0.4, 0.5) is 0 Å². The average Bonchev–Trinajstić information content (AvgIpc) is 3.15. The maximum atomic E-state index is 13.1. The summed E-state index contributed by atoms with van der Waals surface area (Å²) >= 11 is 0. The Morgan fingerprint density at radius 2 is 1.85 bits per heavy atom. The van der Waals surface area contributed by atoms with Crippen LogP contribution < -0.4 is 0 Å². The Bertz CT molecular complexity index is 961. The summed E-state index contributed by atoms with van der Waals surface area (Å²) in [7, 11) is 0. The third-order valence-electron chi connectivity index (χ3n) is 5.06. The minimum Gasteiger partial charge on any atom is -0.460 e. The van der Waals surface area contributed by atoms with Gasteiger partial charge in [0.15, 0.2) is 5.58 Å². The molecule has 1 aromatic carbocycles. The minimum absolute atomic E-state index is 0.0441. The van der Waals surface area contributed by atoms with Crippen LogP contribution in [0.15, 0.2) is 34.7 Å². The number of amides is 1. The van der Waals surface area contributed by atoms with E-state index in [0.717, 1.165) is 16.9 Å². The number of ether oxygens (including phenoxy) is 1. The first-order valence-corrected chi connectivity index (χ1v) is 9.06. The topological polar surface area (TPSA) is 47.6 Å². The molecule has 26 heavy (non-hydrogen) atoms. The van der Waals surface area contributed by atoms with E-state index in [0.29, 0.717) is 38.5 Å². The molecule has 5 nitrogen and oxygen atoms in total. The Hall–Kier alpha value is -2.53. The van der Waals surface area contributed by atoms with Gasteiger partial charge in [-0.1, -0.05) is 23.8 Å². The van der Waals surface area contributed by atoms with E-state index in [-0.39, 0.29) is 5.91 Å². The second kappa shape index (κ2) is 6.65. The van der Waals surface area contributed by atoms with Gasteiger partial charge in [0.1, 0.15) is 11.5 Å². The average molecular weight is 352 g/mol. The third-order valence-corrected chi connectivity index (χ3v) is 5.06. The monoisotopic (exact) mass is 352 g/mol. The van der Waals surface area contributed by atoms with Gasteiger partial charge in [-0.2, -0.15) is 0 Å². The van der Waals surface area contributed by atoms with Gasteiger partial charge in [-0.25, -0.2) is 0 Å². The molecule has 3 heterocycles. The zero-order valence-corrected chi connectivity index (χ0v) is 15.5. The molecule has 0 bridgehead atoms. The first-order chi connectivity index (χ1) is 12.5. The van der Waals surface area contributed by atoms with Gasteiger partial charge in [0.25, 0.3) is 5.91 Å². The van der Waals surface area contributed by atoms with E-state index in [1.807, 2.05) is 24.0 Å². The van der Waals surface area contributed by atoms with Crippen LogP contribution in [0.25, 0.3) is 11.1 Å². The molecule has 136 valence electrons. The highest BCUT2D eigenvalue weighted by molar-refractivity contribution is 5.97. The van der Waals surface area contributed by atoms with Crippen molar-refractivity contribution in [2.45, 2.75) is 27.3 Å². The van der Waals surface area contributed by atoms with E-state index >= 15 is 0 Å². The van der Waals surface area contributed by atoms with Gasteiger partial charge in [0, 0.05) is 31.8 Å². The number of carbonyl (C=O) groups is 1. The fraction of sp³-hybridized carbons (Fsp3) is 0.381. The van der Waals surface area contributed by atoms with Crippen LogP contribution in [-0.4, -0.2) is 41.7 Å². The normalized spacial score (nSPS) is 15.0. The van der Waals surface area contributed by atoms with E-state index in [4.69, 9.17) is 9.15 Å². The van der Waals surface area contributed by atoms with Crippen LogP contribution >= 0.6 is 0 Å². The number of carbonyl (C=O) groups excluding carboxylic acids is 1. The lowest BCUT2D eigenvalue weighted by Gasteiger charge is -2.27. The highest BCUT2D eigenvalue weighted by Gasteiger charge is 2.24. The maximum absolute atomic E-state index is 13.1. The van der Waals surface area contributed by atoms with Crippen molar-refractivity contribution in [3.05, 3.63) is 58.5 Å². The fourth-order valence-corrected chi connectivity index (χ4v) is 3.58. The second-order valence-corrected chi connectivity index (χ2v) is 7.06. The summed E-state index contributed by atoms with van der Waals surface area (Å²) in [4.78, 5) is 15.0. The first kappa shape index (κ1) is 16.9.